The summed E-state index contributed by atoms with van der Waals surface area (Å²) in [6.07, 6.45) is 3.33. The number of ether oxygens (including phenoxy) is 1. The van der Waals surface area contributed by atoms with Crippen molar-refractivity contribution in [2.24, 2.45) is 0 Å². The number of carbonyl (C=O) groups is 1. The highest BCUT2D eigenvalue weighted by atomic mass is 35.5. The molecular weight excluding hydrogens is 263 g/mol. The fourth-order valence-electron chi connectivity index (χ4n) is 1.02. The van der Waals surface area contributed by atoms with Gasteiger partial charge in [0.25, 0.3) is 0 Å². The van der Waals surface area contributed by atoms with Gasteiger partial charge in [-0.15, -0.1) is 24.8 Å². The topological polar surface area (TPSA) is 51.2 Å². The number of hydrogen-bond donors (Lipinski definition) is 1. The Bertz CT molecular complexity index is 326. The molecule has 0 saturated carbocycles. The van der Waals surface area contributed by atoms with Gasteiger partial charge in [0, 0.05) is 18.1 Å². The molecule has 17 heavy (non-hydrogen) atoms. The predicted octanol–water partition coefficient (Wildman–Crippen LogP) is 2.68. The van der Waals surface area contributed by atoms with Crippen molar-refractivity contribution in [1.29, 1.82) is 0 Å². The zero-order valence-electron chi connectivity index (χ0n) is 10.1. The third-order valence-electron chi connectivity index (χ3n) is 1.54. The number of halogens is 2. The van der Waals surface area contributed by atoms with Gasteiger partial charge in [0.15, 0.2) is 0 Å². The first-order valence-electron chi connectivity index (χ1n) is 4.83. The van der Waals surface area contributed by atoms with Crippen LogP contribution < -0.4 is 5.32 Å². The Morgan fingerprint density at radius 1 is 1.29 bits per heavy atom. The highest BCUT2D eigenvalue weighted by Gasteiger charge is 2.15. The molecule has 0 aliphatic heterocycles. The van der Waals surface area contributed by atoms with Gasteiger partial charge < -0.3 is 10.1 Å². The number of pyridine rings is 1. The molecule has 0 unspecified atom stereocenters. The lowest BCUT2D eigenvalue weighted by molar-refractivity contribution is -0.152. The van der Waals surface area contributed by atoms with Gasteiger partial charge in [-0.2, -0.15) is 0 Å². The Hall–Kier alpha value is -1.00. The lowest BCUT2D eigenvalue weighted by Crippen LogP contribution is -2.28. The Morgan fingerprint density at radius 2 is 1.82 bits per heavy atom. The molecule has 0 radical (unpaired) electrons. The first-order chi connectivity index (χ1) is 6.97. The zero-order chi connectivity index (χ0) is 11.3. The average molecular weight is 281 g/mol. The predicted molar refractivity (Wildman–Crippen MR) is 73.1 cm³/mol. The van der Waals surface area contributed by atoms with Gasteiger partial charge in [-0.1, -0.05) is 0 Å². The Morgan fingerprint density at radius 3 is 2.29 bits per heavy atom. The molecule has 1 N–H and O–H groups in total. The highest BCUT2D eigenvalue weighted by molar-refractivity contribution is 5.85. The van der Waals surface area contributed by atoms with E-state index in [1.54, 1.807) is 24.5 Å². The van der Waals surface area contributed by atoms with E-state index in [-0.39, 0.29) is 37.3 Å². The van der Waals surface area contributed by atoms with E-state index < -0.39 is 5.60 Å². The van der Waals surface area contributed by atoms with Gasteiger partial charge in [0.05, 0.1) is 0 Å². The summed E-state index contributed by atoms with van der Waals surface area (Å²) in [7, 11) is 0. The molecule has 0 spiro atoms. The quantitative estimate of drug-likeness (QED) is 0.865. The third kappa shape index (κ3) is 8.77. The number of aromatic nitrogens is 1. The summed E-state index contributed by atoms with van der Waals surface area (Å²) in [4.78, 5) is 15.2. The average Bonchev–Trinajstić information content (AvgIpc) is 2.14. The van der Waals surface area contributed by atoms with Gasteiger partial charge in [-0.25, -0.2) is 0 Å². The van der Waals surface area contributed by atoms with Crippen molar-refractivity contribution in [2.75, 3.05) is 11.9 Å². The van der Waals surface area contributed by atoms with E-state index in [1.807, 2.05) is 20.8 Å². The normalized spacial score (nSPS) is 9.59. The summed E-state index contributed by atoms with van der Waals surface area (Å²) in [5, 5.41) is 2.95. The zero-order valence-corrected chi connectivity index (χ0v) is 11.7. The second-order valence-electron chi connectivity index (χ2n) is 4.18. The maximum absolute atomic E-state index is 11.3. The van der Waals surface area contributed by atoms with Crippen LogP contribution in [0.4, 0.5) is 5.69 Å². The number of anilines is 1. The van der Waals surface area contributed by atoms with E-state index in [0.717, 1.165) is 5.69 Å². The molecule has 6 heteroatoms. The van der Waals surface area contributed by atoms with Crippen LogP contribution in [0.1, 0.15) is 20.8 Å². The molecule has 0 aliphatic carbocycles. The van der Waals surface area contributed by atoms with Gasteiger partial charge in [0.1, 0.15) is 12.1 Å². The molecule has 1 aromatic rings. The lowest BCUT2D eigenvalue weighted by atomic mass is 10.2. The summed E-state index contributed by atoms with van der Waals surface area (Å²) < 4.78 is 5.14. The fraction of sp³-hybridized carbons (Fsp3) is 0.455. The summed E-state index contributed by atoms with van der Waals surface area (Å²) in [6.45, 7) is 5.70. The molecule has 0 saturated heterocycles. The minimum atomic E-state index is -0.434. The van der Waals surface area contributed by atoms with E-state index in [4.69, 9.17) is 4.74 Å². The van der Waals surface area contributed by atoms with Gasteiger partial charge in [-0.3, -0.25) is 9.78 Å². The number of nitrogens with zero attached hydrogens (tertiary/aromatic N) is 1. The molecule has 1 heterocycles. The smallest absolute Gasteiger partial charge is 0.325 e. The molecular formula is C11H18Cl2N2O2. The molecule has 1 rings (SSSR count). The van der Waals surface area contributed by atoms with Crippen LogP contribution >= 0.6 is 24.8 Å². The van der Waals surface area contributed by atoms with Crippen LogP contribution in [-0.2, 0) is 9.53 Å². The first-order valence-corrected chi connectivity index (χ1v) is 4.83. The van der Waals surface area contributed by atoms with Crippen LogP contribution in [0.2, 0.25) is 0 Å². The molecule has 1 aromatic heterocycles. The van der Waals surface area contributed by atoms with Crippen molar-refractivity contribution in [3.05, 3.63) is 24.5 Å². The van der Waals surface area contributed by atoms with Crippen LogP contribution in [0, 0.1) is 0 Å². The second-order valence-corrected chi connectivity index (χ2v) is 4.18. The molecule has 0 aromatic carbocycles. The lowest BCUT2D eigenvalue weighted by Gasteiger charge is -2.19. The number of nitrogens with one attached hydrogen (secondary N) is 1. The minimum absolute atomic E-state index is 0. The molecule has 98 valence electrons. The van der Waals surface area contributed by atoms with Crippen molar-refractivity contribution < 1.29 is 9.53 Å². The largest absolute Gasteiger partial charge is 0.459 e. The summed E-state index contributed by atoms with van der Waals surface area (Å²) >= 11 is 0. The van der Waals surface area contributed by atoms with E-state index in [1.165, 1.54) is 0 Å². The van der Waals surface area contributed by atoms with Gasteiger partial charge in [0.2, 0.25) is 0 Å². The number of esters is 1. The highest BCUT2D eigenvalue weighted by Crippen LogP contribution is 2.08. The van der Waals surface area contributed by atoms with Crippen LogP contribution in [-0.4, -0.2) is 23.1 Å². The van der Waals surface area contributed by atoms with Crippen LogP contribution in [0.3, 0.4) is 0 Å². The van der Waals surface area contributed by atoms with Crippen molar-refractivity contribution in [3.63, 3.8) is 0 Å². The van der Waals surface area contributed by atoms with Crippen molar-refractivity contribution in [2.45, 2.75) is 26.4 Å². The number of carbonyl (C=O) groups excluding carboxylic acids is 1. The van der Waals surface area contributed by atoms with Crippen LogP contribution in [0.25, 0.3) is 0 Å². The Labute approximate surface area is 114 Å². The molecule has 0 fully saturated rings. The first kappa shape index (κ1) is 18.4. The number of hydrogen-bond acceptors (Lipinski definition) is 4. The molecule has 0 aliphatic rings. The molecule has 4 nitrogen and oxygen atoms in total. The van der Waals surface area contributed by atoms with Gasteiger partial charge >= 0.3 is 5.97 Å². The van der Waals surface area contributed by atoms with E-state index in [9.17, 15) is 4.79 Å². The second kappa shape index (κ2) is 8.14. The Kier molecular flexibility index (Phi) is 8.80. The SMILES string of the molecule is CC(C)(C)OC(=O)CNc1ccncc1.Cl.Cl. The summed E-state index contributed by atoms with van der Waals surface area (Å²) in [5.74, 6) is -0.265. The summed E-state index contributed by atoms with van der Waals surface area (Å²) in [6, 6.07) is 3.59. The maximum Gasteiger partial charge on any atom is 0.325 e. The molecule has 0 bridgehead atoms. The van der Waals surface area contributed by atoms with Crippen molar-refractivity contribution >= 4 is 36.5 Å². The molecule has 0 atom stereocenters. The molecule has 0 amide bonds. The monoisotopic (exact) mass is 280 g/mol. The van der Waals surface area contributed by atoms with E-state index >= 15 is 0 Å². The fourth-order valence-corrected chi connectivity index (χ4v) is 1.02. The van der Waals surface area contributed by atoms with Crippen molar-refractivity contribution in [3.8, 4) is 0 Å². The third-order valence-corrected chi connectivity index (χ3v) is 1.54. The van der Waals surface area contributed by atoms with Gasteiger partial charge in [-0.05, 0) is 32.9 Å². The summed E-state index contributed by atoms with van der Waals surface area (Å²) in [5.41, 5.74) is 0.424. The minimum Gasteiger partial charge on any atom is -0.459 e. The van der Waals surface area contributed by atoms with Crippen LogP contribution in [0.15, 0.2) is 24.5 Å². The van der Waals surface area contributed by atoms with E-state index in [0.29, 0.717) is 0 Å². The van der Waals surface area contributed by atoms with E-state index in [2.05, 4.69) is 10.3 Å². The van der Waals surface area contributed by atoms with Crippen LogP contribution in [0.5, 0.6) is 0 Å². The number of rotatable bonds is 3. The standard InChI is InChI=1S/C11H16N2O2.2ClH/c1-11(2,3)15-10(14)8-13-9-4-6-12-7-5-9;;/h4-7H,8H2,1-3H3,(H,12,13);2*1H. The Balaban J connectivity index is 0. The van der Waals surface area contributed by atoms with Crippen molar-refractivity contribution in [1.82, 2.24) is 4.98 Å². The maximum atomic E-state index is 11.3.